The highest BCUT2D eigenvalue weighted by atomic mass is 127. The zero-order valence-electron chi connectivity index (χ0n) is 7.53. The van der Waals surface area contributed by atoms with Gasteiger partial charge in [-0.05, 0) is 12.5 Å². The third kappa shape index (κ3) is 1.34. The smallest absolute Gasteiger partial charge is 0.326 e. The number of carbonyl (C=O) groups excluding carboxylic acids is 2. The number of ether oxygens (including phenoxy) is 2. The summed E-state index contributed by atoms with van der Waals surface area (Å²) in [7, 11) is 1.34. The lowest BCUT2D eigenvalue weighted by molar-refractivity contribution is -0.167. The van der Waals surface area contributed by atoms with Crippen molar-refractivity contribution in [3.63, 3.8) is 0 Å². The van der Waals surface area contributed by atoms with E-state index in [1.165, 1.54) is 7.11 Å². The van der Waals surface area contributed by atoms with E-state index in [0.29, 0.717) is 6.42 Å². The maximum absolute atomic E-state index is 11.4. The lowest BCUT2D eigenvalue weighted by atomic mass is 9.82. The molecule has 14 heavy (non-hydrogen) atoms. The van der Waals surface area contributed by atoms with E-state index in [1.807, 2.05) is 28.7 Å². The van der Waals surface area contributed by atoms with E-state index in [2.05, 4.69) is 4.74 Å². The molecule has 4 nitrogen and oxygen atoms in total. The summed E-state index contributed by atoms with van der Waals surface area (Å²) < 4.78 is 9.07. The van der Waals surface area contributed by atoms with Crippen LogP contribution in [0.2, 0.25) is 0 Å². The van der Waals surface area contributed by atoms with Gasteiger partial charge in [0.05, 0.1) is 13.0 Å². The van der Waals surface area contributed by atoms with Gasteiger partial charge >= 0.3 is 11.9 Å². The molecule has 0 unspecified atom stereocenters. The molecule has 0 amide bonds. The quantitative estimate of drug-likeness (QED) is 0.312. The Bertz CT molecular complexity index is 325. The second-order valence-electron chi connectivity index (χ2n) is 3.43. The van der Waals surface area contributed by atoms with Crippen LogP contribution in [-0.4, -0.2) is 28.6 Å². The number of halogens is 1. The fourth-order valence-corrected chi connectivity index (χ4v) is 2.56. The zero-order valence-corrected chi connectivity index (χ0v) is 9.68. The summed E-state index contributed by atoms with van der Waals surface area (Å²) in [5, 5.41) is 0. The molecule has 0 saturated carbocycles. The van der Waals surface area contributed by atoms with Gasteiger partial charge in [-0.2, -0.15) is 0 Å². The van der Waals surface area contributed by atoms with E-state index in [-0.39, 0.29) is 17.9 Å². The van der Waals surface area contributed by atoms with E-state index >= 15 is 0 Å². The first-order valence-corrected chi connectivity index (χ1v) is 5.32. The van der Waals surface area contributed by atoms with Gasteiger partial charge in [0.2, 0.25) is 0 Å². The molecule has 1 saturated heterocycles. The lowest BCUT2D eigenvalue weighted by Crippen LogP contribution is -2.51. The summed E-state index contributed by atoms with van der Waals surface area (Å²) in [6, 6.07) is 0. The molecule has 76 valence electrons. The van der Waals surface area contributed by atoms with Crippen molar-refractivity contribution in [1.82, 2.24) is 0 Å². The van der Waals surface area contributed by atoms with E-state index in [9.17, 15) is 9.59 Å². The van der Waals surface area contributed by atoms with Crippen LogP contribution in [0.5, 0.6) is 0 Å². The van der Waals surface area contributed by atoms with Crippen molar-refractivity contribution >= 4 is 34.5 Å². The number of carbonyl (C=O) groups is 2. The van der Waals surface area contributed by atoms with Gasteiger partial charge in [0.1, 0.15) is 9.53 Å². The Morgan fingerprint density at radius 1 is 1.79 bits per heavy atom. The summed E-state index contributed by atoms with van der Waals surface area (Å²) in [6.45, 7) is 0. The Morgan fingerprint density at radius 2 is 2.50 bits per heavy atom. The zero-order chi connectivity index (χ0) is 10.3. The topological polar surface area (TPSA) is 52.6 Å². The predicted molar refractivity (Wildman–Crippen MR) is 55.9 cm³/mol. The first-order chi connectivity index (χ1) is 6.57. The Hall–Kier alpha value is -0.590. The minimum atomic E-state index is -0.675. The molecule has 0 radical (unpaired) electrons. The van der Waals surface area contributed by atoms with Crippen LogP contribution in [0, 0.1) is 5.92 Å². The number of hydrogen-bond acceptors (Lipinski definition) is 4. The Kier molecular flexibility index (Phi) is 2.29. The molecule has 0 aromatic heterocycles. The van der Waals surface area contributed by atoms with Crippen molar-refractivity contribution in [2.24, 2.45) is 5.92 Å². The number of methoxy groups -OCH3 is 1. The number of esters is 2. The van der Waals surface area contributed by atoms with Gasteiger partial charge in [0, 0.05) is 0 Å². The largest absolute Gasteiger partial charge is 0.469 e. The molecular formula is C9H9IO4. The molecule has 2 bridgehead atoms. The van der Waals surface area contributed by atoms with E-state index in [0.717, 1.165) is 0 Å². The Morgan fingerprint density at radius 3 is 3.00 bits per heavy atom. The van der Waals surface area contributed by atoms with Gasteiger partial charge in [-0.1, -0.05) is 28.7 Å². The van der Waals surface area contributed by atoms with Crippen LogP contribution in [0.4, 0.5) is 0 Å². The molecule has 2 aliphatic heterocycles. The maximum atomic E-state index is 11.4. The summed E-state index contributed by atoms with van der Waals surface area (Å²) >= 11 is 2.01. The summed E-state index contributed by atoms with van der Waals surface area (Å²) in [6.07, 6.45) is 3.61. The van der Waals surface area contributed by atoms with Crippen molar-refractivity contribution in [1.29, 1.82) is 0 Å². The van der Waals surface area contributed by atoms with Crippen LogP contribution in [0.1, 0.15) is 6.42 Å². The third-order valence-corrected chi connectivity index (χ3v) is 3.79. The fourth-order valence-electron chi connectivity index (χ4n) is 1.75. The second-order valence-corrected chi connectivity index (χ2v) is 5.35. The van der Waals surface area contributed by atoms with Crippen molar-refractivity contribution in [2.75, 3.05) is 7.11 Å². The van der Waals surface area contributed by atoms with Crippen molar-refractivity contribution in [2.45, 2.75) is 15.9 Å². The highest BCUT2D eigenvalue weighted by Gasteiger charge is 2.51. The highest BCUT2D eigenvalue weighted by molar-refractivity contribution is 14.1. The average molecular weight is 308 g/mol. The summed E-state index contributed by atoms with van der Waals surface area (Å²) in [5.41, 5.74) is 0. The molecular weight excluding hydrogens is 299 g/mol. The highest BCUT2D eigenvalue weighted by Crippen LogP contribution is 2.42. The van der Waals surface area contributed by atoms with Crippen LogP contribution in [-0.2, 0) is 19.1 Å². The van der Waals surface area contributed by atoms with Crippen LogP contribution >= 0.6 is 22.6 Å². The molecule has 3 atom stereocenters. The van der Waals surface area contributed by atoms with E-state index < -0.39 is 9.53 Å². The van der Waals surface area contributed by atoms with Crippen molar-refractivity contribution in [3.05, 3.63) is 12.2 Å². The van der Waals surface area contributed by atoms with Crippen LogP contribution in [0.15, 0.2) is 12.2 Å². The SMILES string of the molecule is COC(=O)[C@@H]1C[C@]2(I)C=C[C@H]1OC2=O. The van der Waals surface area contributed by atoms with E-state index in [4.69, 9.17) is 4.74 Å². The minimum Gasteiger partial charge on any atom is -0.469 e. The van der Waals surface area contributed by atoms with Gasteiger partial charge in [-0.15, -0.1) is 0 Å². The van der Waals surface area contributed by atoms with Gasteiger partial charge in [-0.25, -0.2) is 0 Å². The fraction of sp³-hybridized carbons (Fsp3) is 0.556. The molecule has 2 heterocycles. The first-order valence-electron chi connectivity index (χ1n) is 4.24. The van der Waals surface area contributed by atoms with Crippen LogP contribution in [0.3, 0.4) is 0 Å². The van der Waals surface area contributed by atoms with Gasteiger partial charge in [-0.3, -0.25) is 9.59 Å². The number of hydrogen-bond donors (Lipinski definition) is 0. The van der Waals surface area contributed by atoms with Gasteiger partial charge in [0.15, 0.2) is 0 Å². The lowest BCUT2D eigenvalue weighted by Gasteiger charge is -2.40. The standard InChI is InChI=1S/C9H9IO4/c1-13-7(11)5-4-9(10)3-2-6(5)14-8(9)12/h2-3,5-6H,4H2,1H3/t5-,6-,9-/m1/s1. The molecule has 3 aliphatic rings. The first kappa shape index (κ1) is 9.95. The number of rotatable bonds is 1. The normalized spacial score (nSPS) is 39.4. The van der Waals surface area contributed by atoms with E-state index in [1.54, 1.807) is 6.08 Å². The minimum absolute atomic E-state index is 0.259. The molecule has 0 N–H and O–H groups in total. The number of fused-ring (bicyclic) bond motifs is 2. The molecule has 3 rings (SSSR count). The van der Waals surface area contributed by atoms with Crippen LogP contribution in [0.25, 0.3) is 0 Å². The molecule has 0 spiro atoms. The van der Waals surface area contributed by atoms with Crippen molar-refractivity contribution in [3.8, 4) is 0 Å². The maximum Gasteiger partial charge on any atom is 0.326 e. The van der Waals surface area contributed by atoms with Crippen molar-refractivity contribution < 1.29 is 19.1 Å². The molecule has 0 aromatic carbocycles. The molecule has 5 heteroatoms. The second kappa shape index (κ2) is 3.22. The average Bonchev–Trinajstić information content (AvgIpc) is 2.18. The predicted octanol–water partition coefficient (Wildman–Crippen LogP) is 0.835. The van der Waals surface area contributed by atoms with Gasteiger partial charge < -0.3 is 9.47 Å². The Balaban J connectivity index is 2.27. The molecule has 1 aliphatic carbocycles. The third-order valence-electron chi connectivity index (χ3n) is 2.55. The molecule has 0 aromatic rings. The Labute approximate surface area is 94.8 Å². The summed E-state index contributed by atoms with van der Waals surface area (Å²) in [4.78, 5) is 22.8. The molecule has 1 fully saturated rings. The van der Waals surface area contributed by atoms with Crippen LogP contribution < -0.4 is 0 Å². The summed E-state index contributed by atoms with van der Waals surface area (Å²) in [5.74, 6) is -0.918. The van der Waals surface area contributed by atoms with Gasteiger partial charge in [0.25, 0.3) is 0 Å². The number of alkyl halides is 1. The monoisotopic (exact) mass is 308 g/mol.